The lowest BCUT2D eigenvalue weighted by Crippen LogP contribution is -2.54. The van der Waals surface area contributed by atoms with Gasteiger partial charge in [-0.25, -0.2) is 19.6 Å². The van der Waals surface area contributed by atoms with Crippen LogP contribution in [-0.4, -0.2) is 35.4 Å². The average molecular weight is 969 g/mol. The van der Waals surface area contributed by atoms with E-state index in [1.165, 1.54) is 12.1 Å². The first-order valence-corrected chi connectivity index (χ1v) is 22.6. The second kappa shape index (κ2) is 17.1. The van der Waals surface area contributed by atoms with Gasteiger partial charge in [0.2, 0.25) is 17.2 Å². The van der Waals surface area contributed by atoms with Gasteiger partial charge in [-0.3, -0.25) is 0 Å². The summed E-state index contributed by atoms with van der Waals surface area (Å²) in [7, 11) is 0. The zero-order valence-electron chi connectivity index (χ0n) is 39.0. The summed E-state index contributed by atoms with van der Waals surface area (Å²) in [5.41, 5.74) is -2.21. The minimum atomic E-state index is -5.99. The summed E-state index contributed by atoms with van der Waals surface area (Å²) >= 11 is 0. The van der Waals surface area contributed by atoms with E-state index in [0.717, 1.165) is 57.1 Å². The standard InChI is InChI=1S/C55H42F6N4O6/c1-7-64(43-17-9-29(3)21-31(43)5)37-15-11-33-23-39(51(66)70-47(33)27-37)49-62-41-25-35(13-19-45(41)68-49)53(54(56,57)58,55(59,60)61)36-14-20-46-42(26-36)63-50(69-46)40-24-34-12-16-38(28-48(34)71-52(40)67)65(8-2)44-18-10-30(4)22-32(44)6/h9-28H,7-8H2,1-6H3. The van der Waals surface area contributed by atoms with Crippen LogP contribution in [0.2, 0.25) is 0 Å². The van der Waals surface area contributed by atoms with Gasteiger partial charge in [-0.15, -0.1) is 0 Å². The van der Waals surface area contributed by atoms with Crippen LogP contribution in [-0.2, 0) is 5.41 Å². The lowest BCUT2D eigenvalue weighted by atomic mass is 9.72. The first kappa shape index (κ1) is 46.6. The highest BCUT2D eigenvalue weighted by atomic mass is 19.4. The lowest BCUT2D eigenvalue weighted by molar-refractivity contribution is -0.288. The first-order chi connectivity index (χ1) is 33.8. The van der Waals surface area contributed by atoms with Crippen molar-refractivity contribution in [3.8, 4) is 22.9 Å². The van der Waals surface area contributed by atoms with Crippen molar-refractivity contribution < 1.29 is 44.0 Å². The summed E-state index contributed by atoms with van der Waals surface area (Å²) in [5, 5.41) is 0.927. The van der Waals surface area contributed by atoms with Crippen molar-refractivity contribution >= 4 is 66.9 Å². The molecule has 0 bridgehead atoms. The second-order valence-corrected chi connectivity index (χ2v) is 17.6. The predicted molar refractivity (Wildman–Crippen MR) is 261 cm³/mol. The fourth-order valence-corrected chi connectivity index (χ4v) is 9.57. The number of anilines is 4. The molecule has 6 aromatic carbocycles. The van der Waals surface area contributed by atoms with Crippen molar-refractivity contribution in [3.05, 3.63) is 176 Å². The highest BCUT2D eigenvalue weighted by Gasteiger charge is 2.72. The summed E-state index contributed by atoms with van der Waals surface area (Å²) < 4.78 is 116. The van der Waals surface area contributed by atoms with Crippen LogP contribution in [0.1, 0.15) is 47.2 Å². The van der Waals surface area contributed by atoms with Gasteiger partial charge in [-0.1, -0.05) is 47.5 Å². The molecule has 0 aliphatic carbocycles. The van der Waals surface area contributed by atoms with Gasteiger partial charge >= 0.3 is 23.6 Å². The Kier molecular flexibility index (Phi) is 11.2. The number of aryl methyl sites for hydroxylation is 4. The molecule has 0 aliphatic rings. The molecule has 16 heteroatoms. The van der Waals surface area contributed by atoms with E-state index >= 15 is 26.3 Å². The summed E-state index contributed by atoms with van der Waals surface area (Å²) in [6.07, 6.45) is -12.0. The van der Waals surface area contributed by atoms with E-state index < -0.39 is 40.1 Å². The minimum Gasteiger partial charge on any atom is -0.436 e. The van der Waals surface area contributed by atoms with E-state index in [9.17, 15) is 9.59 Å². The van der Waals surface area contributed by atoms with Crippen molar-refractivity contribution in [1.29, 1.82) is 0 Å². The summed E-state index contributed by atoms with van der Waals surface area (Å²) in [4.78, 5) is 39.5. The number of alkyl halides is 6. The highest BCUT2D eigenvalue weighted by molar-refractivity contribution is 5.88. The number of hydrogen-bond donors (Lipinski definition) is 0. The van der Waals surface area contributed by atoms with E-state index in [4.69, 9.17) is 17.7 Å². The van der Waals surface area contributed by atoms with E-state index in [1.54, 1.807) is 24.3 Å². The molecular formula is C55H42F6N4O6. The van der Waals surface area contributed by atoms with Gasteiger partial charge in [-0.2, -0.15) is 26.3 Å². The topological polar surface area (TPSA) is 119 Å². The molecule has 4 heterocycles. The van der Waals surface area contributed by atoms with Crippen molar-refractivity contribution in [2.75, 3.05) is 22.9 Å². The normalized spacial score (nSPS) is 12.5. The third kappa shape index (κ3) is 7.87. The van der Waals surface area contributed by atoms with E-state index in [2.05, 4.69) is 31.9 Å². The molecule has 0 fully saturated rings. The van der Waals surface area contributed by atoms with E-state index in [1.807, 2.05) is 77.9 Å². The lowest BCUT2D eigenvalue weighted by Gasteiger charge is -2.38. The number of rotatable bonds is 10. The molecule has 0 unspecified atom stereocenters. The van der Waals surface area contributed by atoms with E-state index in [-0.39, 0.29) is 56.3 Å². The molecule has 0 amide bonds. The molecule has 0 aliphatic heterocycles. The Hall–Kier alpha value is -8.14. The molecule has 0 spiro atoms. The molecule has 0 atom stereocenters. The van der Waals surface area contributed by atoms with Crippen LogP contribution in [0.3, 0.4) is 0 Å². The fourth-order valence-electron chi connectivity index (χ4n) is 9.57. The maximum atomic E-state index is 15.5. The molecule has 360 valence electrons. The number of benzene rings is 6. The Labute approximate surface area is 400 Å². The van der Waals surface area contributed by atoms with Gasteiger partial charge in [0.15, 0.2) is 11.2 Å². The number of hydrogen-bond acceptors (Lipinski definition) is 10. The summed E-state index contributed by atoms with van der Waals surface area (Å²) in [6, 6.07) is 30.0. The maximum absolute atomic E-state index is 15.5. The molecule has 10 rings (SSSR count). The third-order valence-corrected chi connectivity index (χ3v) is 12.9. The molecule has 10 aromatic rings. The van der Waals surface area contributed by atoms with Gasteiger partial charge in [0.1, 0.15) is 33.3 Å². The number of aromatic nitrogens is 2. The first-order valence-electron chi connectivity index (χ1n) is 22.6. The molecule has 10 nitrogen and oxygen atoms in total. The predicted octanol–water partition coefficient (Wildman–Crippen LogP) is 14.5. The van der Waals surface area contributed by atoms with Gasteiger partial charge < -0.3 is 27.5 Å². The third-order valence-electron chi connectivity index (χ3n) is 12.9. The summed E-state index contributed by atoms with van der Waals surface area (Å²) in [6.45, 7) is 13.2. The van der Waals surface area contributed by atoms with Crippen molar-refractivity contribution in [3.63, 3.8) is 0 Å². The van der Waals surface area contributed by atoms with Gasteiger partial charge in [0.05, 0.1) is 0 Å². The SMILES string of the molecule is CCN(c1ccc2cc(-c3nc4cc(C(c5ccc6oc(-c7cc8ccc(N(CC)c9ccc(C)cc9C)cc8oc7=O)nc6c5)(C(F)(F)F)C(F)(F)F)ccc4o3)c(=O)oc2c1)c1ccc(C)cc1C. The molecule has 0 saturated heterocycles. The van der Waals surface area contributed by atoms with Gasteiger partial charge in [0, 0.05) is 58.7 Å². The van der Waals surface area contributed by atoms with Crippen molar-refractivity contribution in [1.82, 2.24) is 9.97 Å². The Bertz CT molecular complexity index is 3620. The van der Waals surface area contributed by atoms with Crippen LogP contribution in [0.25, 0.3) is 67.0 Å². The zero-order chi connectivity index (χ0) is 50.3. The maximum Gasteiger partial charge on any atom is 0.411 e. The summed E-state index contributed by atoms with van der Waals surface area (Å²) in [5.74, 6) is -0.746. The van der Waals surface area contributed by atoms with Crippen molar-refractivity contribution in [2.24, 2.45) is 0 Å². The van der Waals surface area contributed by atoms with Crippen LogP contribution < -0.4 is 21.1 Å². The van der Waals surface area contributed by atoms with Crippen LogP contribution in [0, 0.1) is 27.7 Å². The molecule has 0 radical (unpaired) electrons. The number of nitrogens with zero attached hydrogens (tertiary/aromatic N) is 4. The molecule has 0 N–H and O–H groups in total. The number of oxazole rings is 2. The second-order valence-electron chi connectivity index (χ2n) is 17.6. The Morgan fingerprint density at radius 2 is 0.873 bits per heavy atom. The van der Waals surface area contributed by atoms with Crippen molar-refractivity contribution in [2.45, 2.75) is 59.3 Å². The van der Waals surface area contributed by atoms with Crippen LogP contribution in [0.4, 0.5) is 49.1 Å². The quantitative estimate of drug-likeness (QED) is 0.0968. The van der Waals surface area contributed by atoms with Gasteiger partial charge in [0.25, 0.3) is 0 Å². The molecular weight excluding hydrogens is 927 g/mol. The highest BCUT2D eigenvalue weighted by Crippen LogP contribution is 2.57. The number of halogens is 6. The smallest absolute Gasteiger partial charge is 0.411 e. The van der Waals surface area contributed by atoms with E-state index in [0.29, 0.717) is 48.1 Å². The number of fused-ring (bicyclic) bond motifs is 4. The Balaban J connectivity index is 0.999. The Morgan fingerprint density at radius 3 is 1.24 bits per heavy atom. The van der Waals surface area contributed by atoms with Crippen LogP contribution >= 0.6 is 0 Å². The molecule has 4 aromatic heterocycles. The van der Waals surface area contributed by atoms with Crippen LogP contribution in [0.5, 0.6) is 0 Å². The molecule has 71 heavy (non-hydrogen) atoms. The van der Waals surface area contributed by atoms with Gasteiger partial charge in [-0.05, 0) is 137 Å². The zero-order valence-corrected chi connectivity index (χ0v) is 39.0. The molecule has 0 saturated carbocycles. The van der Waals surface area contributed by atoms with Crippen LogP contribution in [0.15, 0.2) is 149 Å². The minimum absolute atomic E-state index is 0.185. The fraction of sp³-hybridized carbons (Fsp3) is 0.200. The largest absolute Gasteiger partial charge is 0.436 e. The Morgan fingerprint density at radius 1 is 0.465 bits per heavy atom. The monoisotopic (exact) mass is 968 g/mol. The average Bonchev–Trinajstić information content (AvgIpc) is 3.94.